The van der Waals surface area contributed by atoms with Gasteiger partial charge in [0, 0.05) is 25.0 Å². The van der Waals surface area contributed by atoms with E-state index in [9.17, 15) is 4.79 Å². The van der Waals surface area contributed by atoms with Crippen LogP contribution in [0.1, 0.15) is 30.0 Å². The number of pyridine rings is 1. The van der Waals surface area contributed by atoms with Crippen molar-refractivity contribution in [2.45, 2.75) is 32.6 Å². The first-order chi connectivity index (χ1) is 11.3. The molecule has 1 aromatic carbocycles. The Bertz CT molecular complexity index is 756. The van der Waals surface area contributed by atoms with Crippen LogP contribution in [-0.2, 0) is 19.3 Å². The number of hydrogen-bond acceptors (Lipinski definition) is 2. The molecule has 1 aliphatic heterocycles. The number of amides is 2. The van der Waals surface area contributed by atoms with Crippen LogP contribution in [0.3, 0.4) is 0 Å². The van der Waals surface area contributed by atoms with Crippen molar-refractivity contribution in [1.82, 2.24) is 4.98 Å². The van der Waals surface area contributed by atoms with Crippen LogP contribution < -0.4 is 9.80 Å². The molecule has 1 saturated heterocycles. The minimum absolute atomic E-state index is 0.0608. The molecule has 1 aliphatic carbocycles. The van der Waals surface area contributed by atoms with Gasteiger partial charge in [-0.15, -0.1) is 0 Å². The monoisotopic (exact) mass is 307 g/mol. The highest BCUT2D eigenvalue weighted by atomic mass is 16.2. The van der Waals surface area contributed by atoms with Crippen molar-refractivity contribution in [1.29, 1.82) is 0 Å². The maximum absolute atomic E-state index is 12.9. The quantitative estimate of drug-likeness (QED) is 0.869. The SMILES string of the molecule is CCc1ccncc1N1CCN(c2ccc3c(c2)CCC3)C1=O. The minimum Gasteiger partial charge on any atom is -0.292 e. The smallest absolute Gasteiger partial charge is 0.292 e. The van der Waals surface area contributed by atoms with Gasteiger partial charge in [-0.25, -0.2) is 4.79 Å². The molecule has 4 nitrogen and oxygen atoms in total. The topological polar surface area (TPSA) is 36.4 Å². The fourth-order valence-corrected chi connectivity index (χ4v) is 3.68. The van der Waals surface area contributed by atoms with Crippen LogP contribution in [0.25, 0.3) is 0 Å². The standard InChI is InChI=1S/C19H21N3O/c1-2-14-8-9-20-13-18(14)22-11-10-21(19(22)23)17-7-6-15-4-3-5-16(15)12-17/h6-9,12-13H,2-5,10-11H2,1H3. The van der Waals surface area contributed by atoms with Crippen LogP contribution in [-0.4, -0.2) is 24.1 Å². The fraction of sp³-hybridized carbons (Fsp3) is 0.368. The third-order valence-electron chi connectivity index (χ3n) is 4.96. The number of nitrogens with zero attached hydrogens (tertiary/aromatic N) is 3. The number of fused-ring (bicyclic) bond motifs is 1. The highest BCUT2D eigenvalue weighted by Crippen LogP contribution is 2.31. The van der Waals surface area contributed by atoms with Gasteiger partial charge < -0.3 is 0 Å². The number of carbonyl (C=O) groups is 1. The second kappa shape index (κ2) is 5.69. The third kappa shape index (κ3) is 2.38. The van der Waals surface area contributed by atoms with Crippen molar-refractivity contribution in [3.63, 3.8) is 0 Å². The lowest BCUT2D eigenvalue weighted by Gasteiger charge is -2.21. The number of aromatic nitrogens is 1. The van der Waals surface area contributed by atoms with Crippen molar-refractivity contribution >= 4 is 17.4 Å². The molecule has 1 fully saturated rings. The third-order valence-corrected chi connectivity index (χ3v) is 4.96. The van der Waals surface area contributed by atoms with E-state index in [0.717, 1.165) is 30.8 Å². The summed E-state index contributed by atoms with van der Waals surface area (Å²) in [6.45, 7) is 3.56. The maximum Gasteiger partial charge on any atom is 0.329 e. The van der Waals surface area contributed by atoms with Gasteiger partial charge in [-0.1, -0.05) is 13.0 Å². The summed E-state index contributed by atoms with van der Waals surface area (Å²) in [4.78, 5) is 20.9. The Morgan fingerprint density at radius 3 is 2.78 bits per heavy atom. The predicted octanol–water partition coefficient (Wildman–Crippen LogP) is 3.58. The molecule has 23 heavy (non-hydrogen) atoms. The molecule has 4 heteroatoms. The zero-order valence-electron chi connectivity index (χ0n) is 13.5. The molecule has 0 bridgehead atoms. The van der Waals surface area contributed by atoms with Gasteiger partial charge in [0.15, 0.2) is 0 Å². The largest absolute Gasteiger partial charge is 0.329 e. The molecular formula is C19H21N3O. The van der Waals surface area contributed by atoms with Crippen molar-refractivity contribution in [3.05, 3.63) is 53.3 Å². The van der Waals surface area contributed by atoms with Gasteiger partial charge in [-0.2, -0.15) is 0 Å². The summed E-state index contributed by atoms with van der Waals surface area (Å²) in [5.74, 6) is 0. The predicted molar refractivity (Wildman–Crippen MR) is 92.2 cm³/mol. The molecule has 118 valence electrons. The zero-order valence-corrected chi connectivity index (χ0v) is 13.5. The van der Waals surface area contributed by atoms with Crippen LogP contribution in [0, 0.1) is 0 Å². The van der Waals surface area contributed by atoms with Crippen LogP contribution in [0.5, 0.6) is 0 Å². The first-order valence-corrected chi connectivity index (χ1v) is 8.41. The van der Waals surface area contributed by atoms with Gasteiger partial charge >= 0.3 is 6.03 Å². The van der Waals surface area contributed by atoms with E-state index in [1.807, 2.05) is 22.1 Å². The molecule has 4 rings (SSSR count). The van der Waals surface area contributed by atoms with Gasteiger partial charge in [0.25, 0.3) is 0 Å². The number of aryl methyl sites for hydroxylation is 3. The lowest BCUT2D eigenvalue weighted by Crippen LogP contribution is -2.32. The molecule has 0 atom stereocenters. The van der Waals surface area contributed by atoms with Crippen molar-refractivity contribution in [3.8, 4) is 0 Å². The first kappa shape index (κ1) is 14.2. The summed E-state index contributed by atoms with van der Waals surface area (Å²) in [7, 11) is 0. The Labute approximate surface area is 136 Å². The molecule has 2 amide bonds. The Balaban J connectivity index is 1.63. The van der Waals surface area contributed by atoms with Crippen molar-refractivity contribution in [2.75, 3.05) is 22.9 Å². The number of carbonyl (C=O) groups excluding carboxylic acids is 1. The highest BCUT2D eigenvalue weighted by molar-refractivity contribution is 6.06. The second-order valence-corrected chi connectivity index (χ2v) is 6.25. The van der Waals surface area contributed by atoms with E-state index in [1.165, 1.54) is 29.5 Å². The van der Waals surface area contributed by atoms with Crippen molar-refractivity contribution in [2.24, 2.45) is 0 Å². The normalized spacial score (nSPS) is 17.0. The van der Waals surface area contributed by atoms with Gasteiger partial charge in [0.1, 0.15) is 0 Å². The van der Waals surface area contributed by atoms with E-state index in [1.54, 1.807) is 6.20 Å². The summed E-state index contributed by atoms with van der Waals surface area (Å²) < 4.78 is 0. The highest BCUT2D eigenvalue weighted by Gasteiger charge is 2.32. The van der Waals surface area contributed by atoms with Crippen LogP contribution >= 0.6 is 0 Å². The molecule has 1 aromatic heterocycles. The van der Waals surface area contributed by atoms with Crippen LogP contribution in [0.4, 0.5) is 16.2 Å². The Kier molecular flexibility index (Phi) is 3.52. The molecule has 0 radical (unpaired) electrons. The van der Waals surface area contributed by atoms with Crippen LogP contribution in [0.2, 0.25) is 0 Å². The lowest BCUT2D eigenvalue weighted by molar-refractivity contribution is 0.256. The molecule has 0 saturated carbocycles. The van der Waals surface area contributed by atoms with Gasteiger partial charge in [-0.3, -0.25) is 14.8 Å². The summed E-state index contributed by atoms with van der Waals surface area (Å²) in [6.07, 6.45) is 8.04. The number of anilines is 2. The molecular weight excluding hydrogens is 286 g/mol. The second-order valence-electron chi connectivity index (χ2n) is 6.25. The van der Waals surface area contributed by atoms with E-state index in [0.29, 0.717) is 6.54 Å². The van der Waals surface area contributed by atoms with Gasteiger partial charge in [0.05, 0.1) is 11.9 Å². The van der Waals surface area contributed by atoms with E-state index >= 15 is 0 Å². The van der Waals surface area contributed by atoms with Gasteiger partial charge in [0.2, 0.25) is 0 Å². The van der Waals surface area contributed by atoms with E-state index in [4.69, 9.17) is 0 Å². The van der Waals surface area contributed by atoms with E-state index in [2.05, 4.69) is 30.1 Å². The zero-order chi connectivity index (χ0) is 15.8. The summed E-state index contributed by atoms with van der Waals surface area (Å²) in [5, 5.41) is 0. The number of rotatable bonds is 3. The van der Waals surface area contributed by atoms with E-state index < -0.39 is 0 Å². The summed E-state index contributed by atoms with van der Waals surface area (Å²) in [5.41, 5.74) is 6.00. The van der Waals surface area contributed by atoms with Crippen LogP contribution in [0.15, 0.2) is 36.7 Å². The first-order valence-electron chi connectivity index (χ1n) is 8.41. The summed E-state index contributed by atoms with van der Waals surface area (Å²) >= 11 is 0. The molecule has 2 aliphatic rings. The number of benzene rings is 1. The minimum atomic E-state index is 0.0608. The molecule has 2 aromatic rings. The Morgan fingerprint density at radius 2 is 1.91 bits per heavy atom. The number of hydrogen-bond donors (Lipinski definition) is 0. The lowest BCUT2D eigenvalue weighted by atomic mass is 10.1. The Morgan fingerprint density at radius 1 is 1.09 bits per heavy atom. The molecule has 0 N–H and O–H groups in total. The Hall–Kier alpha value is -2.36. The fourth-order valence-electron chi connectivity index (χ4n) is 3.68. The average Bonchev–Trinajstić information content (AvgIpc) is 3.20. The molecule has 2 heterocycles. The molecule has 0 spiro atoms. The average molecular weight is 307 g/mol. The van der Waals surface area contributed by atoms with Gasteiger partial charge in [-0.05, 0) is 60.6 Å². The van der Waals surface area contributed by atoms with Crippen molar-refractivity contribution < 1.29 is 4.79 Å². The summed E-state index contributed by atoms with van der Waals surface area (Å²) in [6, 6.07) is 8.55. The molecule has 0 unspecified atom stereocenters. The number of urea groups is 1. The maximum atomic E-state index is 12.9. The van der Waals surface area contributed by atoms with E-state index in [-0.39, 0.29) is 6.03 Å².